The van der Waals surface area contributed by atoms with Crippen molar-refractivity contribution in [1.82, 2.24) is 0 Å². The van der Waals surface area contributed by atoms with E-state index in [4.69, 9.17) is 23.2 Å². The molecule has 84 valence electrons. The third kappa shape index (κ3) is 4.39. The molecule has 0 amide bonds. The summed E-state index contributed by atoms with van der Waals surface area (Å²) in [6.45, 7) is 1.26. The Morgan fingerprint density at radius 1 is 1.00 bits per heavy atom. The molecule has 0 radical (unpaired) electrons. The molecule has 2 nitrogen and oxygen atoms in total. The van der Waals surface area contributed by atoms with Gasteiger partial charge in [0.25, 0.3) is 0 Å². The summed E-state index contributed by atoms with van der Waals surface area (Å²) in [7, 11) is 0. The first-order valence-electron chi connectivity index (χ1n) is 4.93. The highest BCUT2D eigenvalue weighted by atomic mass is 35.5. The number of rotatable bonds is 6. The predicted octanol–water partition coefficient (Wildman–Crippen LogP) is 2.98. The van der Waals surface area contributed by atoms with Crippen molar-refractivity contribution < 1.29 is 4.65 Å². The van der Waals surface area contributed by atoms with E-state index in [0.29, 0.717) is 31.4 Å². The lowest BCUT2D eigenvalue weighted by molar-refractivity contribution is -0.889. The van der Waals surface area contributed by atoms with E-state index in [1.807, 2.05) is 30.3 Å². The van der Waals surface area contributed by atoms with Crippen molar-refractivity contribution >= 4 is 23.2 Å². The van der Waals surface area contributed by atoms with E-state index in [1.165, 1.54) is 0 Å². The van der Waals surface area contributed by atoms with Crippen LogP contribution in [0.2, 0.25) is 0 Å². The Morgan fingerprint density at radius 2 is 1.53 bits per heavy atom. The SMILES string of the molecule is [O-][N+](CCCl)(CCCl)Cc1ccccc1. The average molecular weight is 248 g/mol. The van der Waals surface area contributed by atoms with Crippen LogP contribution in [0.4, 0.5) is 0 Å². The lowest BCUT2D eigenvalue weighted by Gasteiger charge is -2.42. The molecular formula is C11H15Cl2NO. The van der Waals surface area contributed by atoms with Gasteiger partial charge in [-0.05, 0) is 0 Å². The molecule has 4 heteroatoms. The second kappa shape index (κ2) is 6.33. The maximum atomic E-state index is 12.2. The highest BCUT2D eigenvalue weighted by Crippen LogP contribution is 2.13. The van der Waals surface area contributed by atoms with Crippen LogP contribution < -0.4 is 0 Å². The number of hydrogen-bond acceptors (Lipinski definition) is 1. The standard InChI is InChI=1S/C11H15Cl2NO/c12-6-8-14(15,9-7-13)10-11-4-2-1-3-5-11/h1-5H,6-10H2. The van der Waals surface area contributed by atoms with Crippen LogP contribution in [0.3, 0.4) is 0 Å². The summed E-state index contributed by atoms with van der Waals surface area (Å²) in [5.41, 5.74) is 1.03. The van der Waals surface area contributed by atoms with Crippen molar-refractivity contribution in [3.05, 3.63) is 41.1 Å². The number of quaternary nitrogens is 1. The van der Waals surface area contributed by atoms with E-state index < -0.39 is 0 Å². The molecule has 0 aromatic heterocycles. The highest BCUT2D eigenvalue weighted by molar-refractivity contribution is 6.18. The molecule has 0 unspecified atom stereocenters. The molecule has 0 aliphatic carbocycles. The number of halogens is 2. The minimum Gasteiger partial charge on any atom is -0.632 e. The normalized spacial score (nSPS) is 11.7. The maximum Gasteiger partial charge on any atom is 0.104 e. The first-order chi connectivity index (χ1) is 7.20. The van der Waals surface area contributed by atoms with Gasteiger partial charge in [-0.25, -0.2) is 0 Å². The van der Waals surface area contributed by atoms with Gasteiger partial charge >= 0.3 is 0 Å². The van der Waals surface area contributed by atoms with E-state index >= 15 is 0 Å². The molecule has 1 aromatic carbocycles. The minimum atomic E-state index is -0.336. The molecule has 15 heavy (non-hydrogen) atoms. The summed E-state index contributed by atoms with van der Waals surface area (Å²) in [6.07, 6.45) is 0. The van der Waals surface area contributed by atoms with E-state index in [9.17, 15) is 5.21 Å². The molecule has 0 N–H and O–H groups in total. The Balaban J connectivity index is 2.66. The monoisotopic (exact) mass is 247 g/mol. The number of nitrogens with zero attached hydrogens (tertiary/aromatic N) is 1. The van der Waals surface area contributed by atoms with Gasteiger partial charge in [0, 0.05) is 5.56 Å². The van der Waals surface area contributed by atoms with Crippen LogP contribution in [0.5, 0.6) is 0 Å². The third-order valence-electron chi connectivity index (χ3n) is 2.30. The second-order valence-corrected chi connectivity index (χ2v) is 4.28. The van der Waals surface area contributed by atoms with Gasteiger partial charge in [0.15, 0.2) is 0 Å². The second-order valence-electron chi connectivity index (χ2n) is 3.53. The molecule has 1 aromatic rings. The van der Waals surface area contributed by atoms with Gasteiger partial charge in [0.1, 0.15) is 6.54 Å². The van der Waals surface area contributed by atoms with Crippen LogP contribution in [-0.2, 0) is 6.54 Å². The molecule has 1 rings (SSSR count). The van der Waals surface area contributed by atoms with Crippen molar-refractivity contribution in [3.63, 3.8) is 0 Å². The zero-order valence-corrected chi connectivity index (χ0v) is 10.0. The van der Waals surface area contributed by atoms with E-state index in [2.05, 4.69) is 0 Å². The molecule has 0 bridgehead atoms. The molecule has 0 atom stereocenters. The first kappa shape index (κ1) is 12.8. The fourth-order valence-corrected chi connectivity index (χ4v) is 2.11. The van der Waals surface area contributed by atoms with Gasteiger partial charge in [-0.15, -0.1) is 23.2 Å². The molecule has 0 saturated carbocycles. The highest BCUT2D eigenvalue weighted by Gasteiger charge is 2.15. The summed E-state index contributed by atoms with van der Waals surface area (Å²) in [5.74, 6) is 0.737. The van der Waals surface area contributed by atoms with Gasteiger partial charge in [-0.1, -0.05) is 30.3 Å². The molecule has 0 fully saturated rings. The topological polar surface area (TPSA) is 23.1 Å². The van der Waals surface area contributed by atoms with Crippen LogP contribution in [0.15, 0.2) is 30.3 Å². The number of hydroxylamine groups is 3. The van der Waals surface area contributed by atoms with E-state index in [0.717, 1.165) is 5.56 Å². The van der Waals surface area contributed by atoms with Gasteiger partial charge < -0.3 is 9.85 Å². The molecule has 0 spiro atoms. The Bertz CT molecular complexity index is 273. The van der Waals surface area contributed by atoms with Crippen LogP contribution in [-0.4, -0.2) is 29.5 Å². The summed E-state index contributed by atoms with van der Waals surface area (Å²) in [4.78, 5) is 0. The zero-order valence-electron chi connectivity index (χ0n) is 8.53. The number of hydrogen-bond donors (Lipinski definition) is 0. The van der Waals surface area contributed by atoms with Crippen molar-refractivity contribution in [3.8, 4) is 0 Å². The average Bonchev–Trinajstić information content (AvgIpc) is 2.19. The molecule has 0 aliphatic heterocycles. The van der Waals surface area contributed by atoms with Crippen molar-refractivity contribution in [1.29, 1.82) is 0 Å². The summed E-state index contributed by atoms with van der Waals surface area (Å²) in [5, 5.41) is 12.2. The molecular weight excluding hydrogens is 233 g/mol. The van der Waals surface area contributed by atoms with Gasteiger partial charge in [0.2, 0.25) is 0 Å². The van der Waals surface area contributed by atoms with Gasteiger partial charge in [-0.2, -0.15) is 0 Å². The van der Waals surface area contributed by atoms with Crippen LogP contribution in [0.1, 0.15) is 5.56 Å². The van der Waals surface area contributed by atoms with Crippen molar-refractivity contribution in [2.24, 2.45) is 0 Å². The Labute approximate surface area is 101 Å². The fourth-order valence-electron chi connectivity index (χ4n) is 1.49. The van der Waals surface area contributed by atoms with Crippen LogP contribution >= 0.6 is 23.2 Å². The van der Waals surface area contributed by atoms with Gasteiger partial charge in [-0.3, -0.25) is 0 Å². The van der Waals surface area contributed by atoms with Gasteiger partial charge in [0.05, 0.1) is 24.8 Å². The maximum absolute atomic E-state index is 12.2. The minimum absolute atomic E-state index is 0.336. The quantitative estimate of drug-likeness (QED) is 0.431. The molecule has 0 heterocycles. The van der Waals surface area contributed by atoms with Crippen LogP contribution in [0, 0.1) is 5.21 Å². The van der Waals surface area contributed by atoms with Crippen LogP contribution in [0.25, 0.3) is 0 Å². The molecule has 0 saturated heterocycles. The summed E-state index contributed by atoms with van der Waals surface area (Å²) < 4.78 is -0.336. The predicted molar refractivity (Wildman–Crippen MR) is 64.9 cm³/mol. The first-order valence-corrected chi connectivity index (χ1v) is 6.00. The lowest BCUT2D eigenvalue weighted by Crippen LogP contribution is -2.44. The summed E-state index contributed by atoms with van der Waals surface area (Å²) >= 11 is 11.3. The zero-order chi connectivity index (χ0) is 11.1. The lowest BCUT2D eigenvalue weighted by atomic mass is 10.2. The molecule has 0 aliphatic rings. The van der Waals surface area contributed by atoms with E-state index in [-0.39, 0.29) is 4.65 Å². The Kier molecular flexibility index (Phi) is 5.40. The fraction of sp³-hybridized carbons (Fsp3) is 0.455. The third-order valence-corrected chi connectivity index (χ3v) is 2.64. The smallest absolute Gasteiger partial charge is 0.104 e. The van der Waals surface area contributed by atoms with Crippen molar-refractivity contribution in [2.75, 3.05) is 24.8 Å². The van der Waals surface area contributed by atoms with Crippen molar-refractivity contribution in [2.45, 2.75) is 6.54 Å². The number of alkyl halides is 2. The summed E-state index contributed by atoms with van der Waals surface area (Å²) in [6, 6.07) is 9.70. The largest absolute Gasteiger partial charge is 0.632 e. The van der Waals surface area contributed by atoms with E-state index in [1.54, 1.807) is 0 Å². The Hall–Kier alpha value is -0.280. The number of benzene rings is 1. The Morgan fingerprint density at radius 3 is 2.00 bits per heavy atom.